The van der Waals surface area contributed by atoms with Crippen molar-refractivity contribution in [1.82, 2.24) is 24.8 Å². The lowest BCUT2D eigenvalue weighted by molar-refractivity contribution is -0.139. The molecule has 0 spiro atoms. The zero-order chi connectivity index (χ0) is 21.6. The fraction of sp³-hybridized carbons (Fsp3) is 0.318. The Kier molecular flexibility index (Phi) is 6.30. The predicted octanol–water partition coefficient (Wildman–Crippen LogP) is 3.32. The molecule has 3 heterocycles. The van der Waals surface area contributed by atoms with Gasteiger partial charge in [-0.2, -0.15) is 0 Å². The van der Waals surface area contributed by atoms with E-state index in [-0.39, 0.29) is 17.6 Å². The number of hydrogen-bond acceptors (Lipinski definition) is 7. The number of halogens is 1. The van der Waals surface area contributed by atoms with Gasteiger partial charge in [0, 0.05) is 37.6 Å². The lowest BCUT2D eigenvalue weighted by Crippen LogP contribution is -2.44. The standard InChI is InChI=1S/C22H23FN6O2/c1-15(31-18-5-3-17(23)4-6-18)21(30)29-11-7-16(8-12-29)19-13-24-14-20(27-19)28-22-25-9-2-10-26-22/h2-6,9-10,13-16H,7-8,11-12H2,1H3,(H,25,26,27,28)/t15-/m0/s1. The molecule has 1 N–H and O–H groups in total. The first-order valence-electron chi connectivity index (χ1n) is 10.2. The average Bonchev–Trinajstić information content (AvgIpc) is 2.81. The van der Waals surface area contributed by atoms with Gasteiger partial charge in [0.05, 0.1) is 11.9 Å². The monoisotopic (exact) mass is 422 g/mol. The first-order valence-corrected chi connectivity index (χ1v) is 10.2. The molecule has 2 aromatic heterocycles. The lowest BCUT2D eigenvalue weighted by atomic mass is 9.93. The molecule has 0 radical (unpaired) electrons. The summed E-state index contributed by atoms with van der Waals surface area (Å²) in [6.07, 6.45) is 7.64. The van der Waals surface area contributed by atoms with E-state index in [1.165, 1.54) is 24.3 Å². The highest BCUT2D eigenvalue weighted by molar-refractivity contribution is 5.81. The minimum Gasteiger partial charge on any atom is -0.481 e. The summed E-state index contributed by atoms with van der Waals surface area (Å²) in [6, 6.07) is 7.41. The minimum atomic E-state index is -0.639. The van der Waals surface area contributed by atoms with Crippen LogP contribution < -0.4 is 10.1 Å². The van der Waals surface area contributed by atoms with E-state index in [0.29, 0.717) is 30.6 Å². The molecule has 3 aromatic rings. The van der Waals surface area contributed by atoms with E-state index in [9.17, 15) is 9.18 Å². The lowest BCUT2D eigenvalue weighted by Gasteiger charge is -2.33. The first-order chi connectivity index (χ1) is 15.1. The van der Waals surface area contributed by atoms with Gasteiger partial charge in [0.2, 0.25) is 5.95 Å². The molecule has 0 aliphatic carbocycles. The Morgan fingerprint density at radius 1 is 1.16 bits per heavy atom. The van der Waals surface area contributed by atoms with Crippen LogP contribution in [0.3, 0.4) is 0 Å². The molecule has 1 aromatic carbocycles. The van der Waals surface area contributed by atoms with Crippen LogP contribution in [0.1, 0.15) is 31.4 Å². The van der Waals surface area contributed by atoms with Gasteiger partial charge in [0.25, 0.3) is 5.91 Å². The van der Waals surface area contributed by atoms with E-state index in [4.69, 9.17) is 4.74 Å². The van der Waals surface area contributed by atoms with Gasteiger partial charge in [-0.05, 0) is 50.1 Å². The summed E-state index contributed by atoms with van der Waals surface area (Å²) in [6.45, 7) is 2.94. The number of amides is 1. The number of likely N-dealkylation sites (tertiary alicyclic amines) is 1. The zero-order valence-corrected chi connectivity index (χ0v) is 17.1. The Balaban J connectivity index is 1.32. The molecule has 1 aliphatic heterocycles. The van der Waals surface area contributed by atoms with Gasteiger partial charge in [0.1, 0.15) is 11.6 Å². The third-order valence-electron chi connectivity index (χ3n) is 5.16. The smallest absolute Gasteiger partial charge is 0.263 e. The summed E-state index contributed by atoms with van der Waals surface area (Å²) in [7, 11) is 0. The first kappa shape index (κ1) is 20.6. The van der Waals surface area contributed by atoms with E-state index in [1.54, 1.807) is 42.7 Å². The van der Waals surface area contributed by atoms with Crippen molar-refractivity contribution >= 4 is 17.7 Å². The van der Waals surface area contributed by atoms with Crippen molar-refractivity contribution in [3.05, 3.63) is 66.6 Å². The van der Waals surface area contributed by atoms with Gasteiger partial charge in [-0.3, -0.25) is 9.78 Å². The number of carbonyl (C=O) groups is 1. The second-order valence-electron chi connectivity index (χ2n) is 7.34. The van der Waals surface area contributed by atoms with Crippen molar-refractivity contribution < 1.29 is 13.9 Å². The van der Waals surface area contributed by atoms with Gasteiger partial charge >= 0.3 is 0 Å². The summed E-state index contributed by atoms with van der Waals surface area (Å²) in [5.41, 5.74) is 0.878. The van der Waals surface area contributed by atoms with E-state index < -0.39 is 6.10 Å². The molecule has 160 valence electrons. The Bertz CT molecular complexity index is 1010. The van der Waals surface area contributed by atoms with E-state index in [2.05, 4.69) is 25.3 Å². The van der Waals surface area contributed by atoms with Gasteiger partial charge < -0.3 is 15.0 Å². The van der Waals surface area contributed by atoms with Crippen LogP contribution in [0.25, 0.3) is 0 Å². The van der Waals surface area contributed by atoms with Crippen LogP contribution in [0.2, 0.25) is 0 Å². The molecule has 1 amide bonds. The molecule has 8 nitrogen and oxygen atoms in total. The highest BCUT2D eigenvalue weighted by atomic mass is 19.1. The summed E-state index contributed by atoms with van der Waals surface area (Å²) in [5.74, 6) is 1.31. The molecule has 1 saturated heterocycles. The molecule has 1 fully saturated rings. The molecule has 0 unspecified atom stereocenters. The van der Waals surface area contributed by atoms with Crippen molar-refractivity contribution in [1.29, 1.82) is 0 Å². The summed E-state index contributed by atoms with van der Waals surface area (Å²) in [4.78, 5) is 31.7. The topological polar surface area (TPSA) is 93.1 Å². The van der Waals surface area contributed by atoms with Crippen molar-refractivity contribution in [3.63, 3.8) is 0 Å². The number of ether oxygens (including phenoxy) is 1. The molecule has 1 atom stereocenters. The van der Waals surface area contributed by atoms with Crippen LogP contribution in [0.4, 0.5) is 16.2 Å². The number of anilines is 2. The van der Waals surface area contributed by atoms with Crippen LogP contribution in [0.15, 0.2) is 55.1 Å². The number of nitrogens with zero attached hydrogens (tertiary/aromatic N) is 5. The summed E-state index contributed by atoms with van der Waals surface area (Å²) >= 11 is 0. The number of hydrogen-bond donors (Lipinski definition) is 1. The maximum absolute atomic E-state index is 13.0. The molecule has 1 aliphatic rings. The summed E-state index contributed by atoms with van der Waals surface area (Å²) in [5, 5.41) is 3.05. The average molecular weight is 422 g/mol. The number of aromatic nitrogens is 4. The molecule has 9 heteroatoms. The second kappa shape index (κ2) is 9.46. The largest absolute Gasteiger partial charge is 0.481 e. The molecule has 0 bridgehead atoms. The van der Waals surface area contributed by atoms with Crippen molar-refractivity contribution in [3.8, 4) is 5.75 Å². The summed E-state index contributed by atoms with van der Waals surface area (Å²) < 4.78 is 18.7. The quantitative estimate of drug-likeness (QED) is 0.651. The number of nitrogens with one attached hydrogen (secondary N) is 1. The number of rotatable bonds is 6. The van der Waals surface area contributed by atoms with Crippen LogP contribution in [-0.4, -0.2) is 49.9 Å². The van der Waals surface area contributed by atoms with Crippen molar-refractivity contribution in [2.24, 2.45) is 0 Å². The molecular weight excluding hydrogens is 399 g/mol. The van der Waals surface area contributed by atoms with Crippen LogP contribution >= 0.6 is 0 Å². The van der Waals surface area contributed by atoms with E-state index >= 15 is 0 Å². The van der Waals surface area contributed by atoms with E-state index in [0.717, 1.165) is 18.5 Å². The Hall–Kier alpha value is -3.62. The fourth-order valence-corrected chi connectivity index (χ4v) is 3.54. The fourth-order valence-electron chi connectivity index (χ4n) is 3.54. The van der Waals surface area contributed by atoms with Crippen LogP contribution in [-0.2, 0) is 4.79 Å². The van der Waals surface area contributed by atoms with Gasteiger partial charge in [-0.1, -0.05) is 0 Å². The van der Waals surface area contributed by atoms with Crippen molar-refractivity contribution in [2.45, 2.75) is 31.8 Å². The van der Waals surface area contributed by atoms with Gasteiger partial charge in [-0.15, -0.1) is 0 Å². The molecule has 0 saturated carbocycles. The van der Waals surface area contributed by atoms with Gasteiger partial charge in [0.15, 0.2) is 11.9 Å². The molecule has 31 heavy (non-hydrogen) atoms. The molecule has 4 rings (SSSR count). The number of benzene rings is 1. The normalized spacial score (nSPS) is 15.4. The maximum atomic E-state index is 13.0. The Labute approximate surface area is 179 Å². The van der Waals surface area contributed by atoms with E-state index in [1.807, 2.05) is 0 Å². The zero-order valence-electron chi connectivity index (χ0n) is 17.1. The number of carbonyl (C=O) groups excluding carboxylic acids is 1. The third-order valence-corrected chi connectivity index (χ3v) is 5.16. The van der Waals surface area contributed by atoms with Gasteiger partial charge in [-0.25, -0.2) is 19.3 Å². The highest BCUT2D eigenvalue weighted by Gasteiger charge is 2.28. The predicted molar refractivity (Wildman–Crippen MR) is 112 cm³/mol. The highest BCUT2D eigenvalue weighted by Crippen LogP contribution is 2.28. The van der Waals surface area contributed by atoms with Crippen LogP contribution in [0, 0.1) is 5.82 Å². The SMILES string of the molecule is C[C@H](Oc1ccc(F)cc1)C(=O)N1CCC(c2cncc(Nc3ncccn3)n2)CC1. The van der Waals surface area contributed by atoms with Crippen LogP contribution in [0.5, 0.6) is 5.75 Å². The molecular formula is C22H23FN6O2. The third kappa shape index (κ3) is 5.30. The maximum Gasteiger partial charge on any atom is 0.263 e. The second-order valence-corrected chi connectivity index (χ2v) is 7.34. The Morgan fingerprint density at radius 2 is 1.87 bits per heavy atom. The minimum absolute atomic E-state index is 0.0782. The number of piperidine rings is 1. The Morgan fingerprint density at radius 3 is 2.58 bits per heavy atom. The van der Waals surface area contributed by atoms with Crippen molar-refractivity contribution in [2.75, 3.05) is 18.4 Å².